The van der Waals surface area contributed by atoms with Crippen LogP contribution in [0.4, 0.5) is 0 Å². The summed E-state index contributed by atoms with van der Waals surface area (Å²) in [6.45, 7) is 2.78. The van der Waals surface area contributed by atoms with Crippen molar-refractivity contribution < 1.29 is 12.6 Å². The van der Waals surface area contributed by atoms with Gasteiger partial charge in [-0.15, -0.1) is 6.58 Å². The summed E-state index contributed by atoms with van der Waals surface area (Å²) in [5.74, 6) is -0.255. The molecule has 0 aliphatic heterocycles. The fraction of sp³-hybridized carbons (Fsp3) is 0.400. The van der Waals surface area contributed by atoms with Crippen LogP contribution in [0.2, 0.25) is 0 Å². The normalized spacial score (nSPS) is 10.3. The van der Waals surface area contributed by atoms with Gasteiger partial charge in [-0.2, -0.15) is 13.7 Å². The van der Waals surface area contributed by atoms with E-state index < -0.39 is 16.7 Å². The Morgan fingerprint density at radius 2 is 2.30 bits per heavy atom. The van der Waals surface area contributed by atoms with Gasteiger partial charge in [0.05, 0.1) is 11.8 Å². The van der Waals surface area contributed by atoms with E-state index >= 15 is 0 Å². The maximum Gasteiger partial charge on any atom is 0.271 e. The average Bonchev–Trinajstić information content (AvgIpc) is 1.84. The van der Waals surface area contributed by atoms with Crippen LogP contribution in [-0.4, -0.2) is 20.8 Å². The maximum absolute atomic E-state index is 10.5. The molecule has 0 spiro atoms. The second kappa shape index (κ2) is 4.04. The summed E-state index contributed by atoms with van der Waals surface area (Å²) in [5.41, 5.74) is 0. The van der Waals surface area contributed by atoms with E-state index in [1.807, 2.05) is 0 Å². The molecule has 0 radical (unpaired) electrons. The minimum Gasteiger partial charge on any atom is -0.255 e. The largest absolute Gasteiger partial charge is 0.271 e. The molecule has 0 atom stereocenters. The van der Waals surface area contributed by atoms with Gasteiger partial charge >= 0.3 is 0 Å². The highest BCUT2D eigenvalue weighted by Gasteiger charge is 2.06. The van der Waals surface area contributed by atoms with E-state index in [0.717, 1.165) is 0 Å². The van der Waals surface area contributed by atoms with Crippen molar-refractivity contribution >= 4 is 10.1 Å². The molecule has 0 heterocycles. The zero-order valence-corrected chi connectivity index (χ0v) is 6.10. The van der Waals surface area contributed by atoms with Crippen LogP contribution in [0, 0.1) is 11.3 Å². The van der Waals surface area contributed by atoms with Gasteiger partial charge in [0.15, 0.2) is 6.61 Å². The molecule has 0 fully saturated rings. The Balaban J connectivity index is 3.91. The molecule has 0 amide bonds. The molecule has 10 heavy (non-hydrogen) atoms. The molecule has 4 nitrogen and oxygen atoms in total. The van der Waals surface area contributed by atoms with Gasteiger partial charge in [-0.05, 0) is 0 Å². The zero-order chi connectivity index (χ0) is 8.04. The van der Waals surface area contributed by atoms with Gasteiger partial charge in [0.2, 0.25) is 0 Å². The summed E-state index contributed by atoms with van der Waals surface area (Å²) in [6.07, 6.45) is 1.20. The summed E-state index contributed by atoms with van der Waals surface area (Å²) in [7, 11) is -3.53. The summed E-state index contributed by atoms with van der Waals surface area (Å²) < 4.78 is 25.2. The third kappa shape index (κ3) is 4.06. The summed E-state index contributed by atoms with van der Waals surface area (Å²) in [6, 6.07) is 1.55. The molecular formula is C5H7NO3S. The molecule has 0 saturated heterocycles. The van der Waals surface area contributed by atoms with Gasteiger partial charge < -0.3 is 0 Å². The van der Waals surface area contributed by atoms with Crippen molar-refractivity contribution in [2.24, 2.45) is 0 Å². The predicted octanol–water partition coefficient (Wildman–Crippen LogP) is 0.0424. The van der Waals surface area contributed by atoms with E-state index in [1.165, 1.54) is 6.08 Å². The summed E-state index contributed by atoms with van der Waals surface area (Å²) in [5, 5.41) is 7.93. The molecule has 0 aliphatic rings. The maximum atomic E-state index is 10.5. The van der Waals surface area contributed by atoms with Gasteiger partial charge in [0.25, 0.3) is 10.1 Å². The van der Waals surface area contributed by atoms with E-state index in [9.17, 15) is 8.42 Å². The minimum atomic E-state index is -3.53. The van der Waals surface area contributed by atoms with E-state index in [0.29, 0.717) is 0 Å². The molecular weight excluding hydrogens is 154 g/mol. The van der Waals surface area contributed by atoms with Crippen LogP contribution in [0.15, 0.2) is 12.7 Å². The first-order valence-corrected chi connectivity index (χ1v) is 4.05. The van der Waals surface area contributed by atoms with E-state index in [1.54, 1.807) is 6.07 Å². The number of rotatable bonds is 4. The topological polar surface area (TPSA) is 67.2 Å². The summed E-state index contributed by atoms with van der Waals surface area (Å²) in [4.78, 5) is 0. The van der Waals surface area contributed by atoms with Crippen molar-refractivity contribution in [3.8, 4) is 6.07 Å². The number of nitrogens with zero attached hydrogens (tertiary/aromatic N) is 1. The third-order valence-electron chi connectivity index (χ3n) is 0.625. The molecule has 0 aromatic rings. The molecule has 0 unspecified atom stereocenters. The summed E-state index contributed by atoms with van der Waals surface area (Å²) >= 11 is 0. The molecule has 0 aromatic heterocycles. The SMILES string of the molecule is C=CCS(=O)(=O)OCC#N. The van der Waals surface area contributed by atoms with Crippen LogP contribution < -0.4 is 0 Å². The third-order valence-corrected chi connectivity index (χ3v) is 1.75. The highest BCUT2D eigenvalue weighted by molar-refractivity contribution is 7.86. The lowest BCUT2D eigenvalue weighted by Crippen LogP contribution is -2.08. The number of hydrogen-bond donors (Lipinski definition) is 0. The van der Waals surface area contributed by atoms with E-state index in [4.69, 9.17) is 5.26 Å². The van der Waals surface area contributed by atoms with Crippen LogP contribution in [-0.2, 0) is 14.3 Å². The van der Waals surface area contributed by atoms with Crippen molar-refractivity contribution in [3.05, 3.63) is 12.7 Å². The molecule has 56 valence electrons. The molecule has 0 bridgehead atoms. The van der Waals surface area contributed by atoms with Crippen LogP contribution in [0.5, 0.6) is 0 Å². The Morgan fingerprint density at radius 3 is 2.70 bits per heavy atom. The lowest BCUT2D eigenvalue weighted by molar-refractivity contribution is 0.363. The molecule has 0 N–H and O–H groups in total. The van der Waals surface area contributed by atoms with Crippen molar-refractivity contribution in [3.63, 3.8) is 0 Å². The van der Waals surface area contributed by atoms with Gasteiger partial charge in [-0.3, -0.25) is 4.18 Å². The first-order valence-electron chi connectivity index (χ1n) is 2.47. The monoisotopic (exact) mass is 161 g/mol. The second-order valence-corrected chi connectivity index (χ2v) is 3.12. The molecule has 0 rings (SSSR count). The van der Waals surface area contributed by atoms with Gasteiger partial charge in [0, 0.05) is 0 Å². The fourth-order valence-corrected chi connectivity index (χ4v) is 0.926. The van der Waals surface area contributed by atoms with Crippen LogP contribution in [0.25, 0.3) is 0 Å². The second-order valence-electron chi connectivity index (χ2n) is 1.43. The van der Waals surface area contributed by atoms with Crippen LogP contribution in [0.1, 0.15) is 0 Å². The molecule has 0 saturated carbocycles. The predicted molar refractivity (Wildman–Crippen MR) is 35.5 cm³/mol. The van der Waals surface area contributed by atoms with Gasteiger partial charge in [0.1, 0.15) is 0 Å². The van der Waals surface area contributed by atoms with E-state index in [2.05, 4.69) is 10.8 Å². The smallest absolute Gasteiger partial charge is 0.255 e. The Bertz CT molecular complexity index is 236. The van der Waals surface area contributed by atoms with Crippen LogP contribution >= 0.6 is 0 Å². The van der Waals surface area contributed by atoms with Crippen molar-refractivity contribution in [2.45, 2.75) is 0 Å². The Morgan fingerprint density at radius 1 is 1.70 bits per heavy atom. The first-order chi connectivity index (χ1) is 4.62. The standard InChI is InChI=1S/C5H7NO3S/c1-2-5-10(7,8)9-4-3-6/h2H,1,4-5H2. The van der Waals surface area contributed by atoms with E-state index in [-0.39, 0.29) is 5.75 Å². The van der Waals surface area contributed by atoms with Crippen molar-refractivity contribution in [2.75, 3.05) is 12.4 Å². The lowest BCUT2D eigenvalue weighted by Gasteiger charge is -1.95. The zero-order valence-electron chi connectivity index (χ0n) is 5.28. The molecule has 0 aliphatic carbocycles. The minimum absolute atomic E-state index is 0.255. The first kappa shape index (κ1) is 9.14. The molecule has 0 aromatic carbocycles. The van der Waals surface area contributed by atoms with Gasteiger partial charge in [-0.25, -0.2) is 0 Å². The number of hydrogen-bond acceptors (Lipinski definition) is 4. The average molecular weight is 161 g/mol. The highest BCUT2D eigenvalue weighted by atomic mass is 32.2. The molecule has 5 heteroatoms. The van der Waals surface area contributed by atoms with Gasteiger partial charge in [-0.1, -0.05) is 6.08 Å². The lowest BCUT2D eigenvalue weighted by atomic mass is 10.8. The van der Waals surface area contributed by atoms with Crippen molar-refractivity contribution in [1.29, 1.82) is 5.26 Å². The Hall–Kier alpha value is -0.860. The number of nitriles is 1. The quantitative estimate of drug-likeness (QED) is 0.431. The van der Waals surface area contributed by atoms with Crippen LogP contribution in [0.3, 0.4) is 0 Å². The Kier molecular flexibility index (Phi) is 3.69. The Labute approximate surface area is 59.8 Å². The van der Waals surface area contributed by atoms with Crippen molar-refractivity contribution in [1.82, 2.24) is 0 Å². The fourth-order valence-electron chi connectivity index (χ4n) is 0.309. The highest BCUT2D eigenvalue weighted by Crippen LogP contribution is 1.91.